The van der Waals surface area contributed by atoms with Crippen LogP contribution in [0.1, 0.15) is 36.9 Å². The van der Waals surface area contributed by atoms with Crippen LogP contribution in [0.4, 0.5) is 10.5 Å². The van der Waals surface area contributed by atoms with E-state index in [1.807, 2.05) is 37.3 Å². The summed E-state index contributed by atoms with van der Waals surface area (Å²) in [6.45, 7) is 2.28. The van der Waals surface area contributed by atoms with Crippen molar-refractivity contribution in [3.8, 4) is 5.75 Å². The Labute approximate surface area is 203 Å². The lowest BCUT2D eigenvalue weighted by molar-refractivity contribution is -0.124. The molecule has 5 rings (SSSR count). The van der Waals surface area contributed by atoms with Crippen LogP contribution < -0.4 is 20.1 Å². The highest BCUT2D eigenvalue weighted by Crippen LogP contribution is 2.36. The second-order valence-electron chi connectivity index (χ2n) is 9.01. The Morgan fingerprint density at radius 2 is 1.89 bits per heavy atom. The molecule has 2 aliphatic rings. The molecule has 2 atom stereocenters. The smallest absolute Gasteiger partial charge is 0.322 e. The average molecular weight is 495 g/mol. The summed E-state index contributed by atoms with van der Waals surface area (Å²) < 4.78 is 35.0. The van der Waals surface area contributed by atoms with E-state index < -0.39 is 32.8 Å². The first kappa shape index (κ1) is 23.1. The quantitative estimate of drug-likeness (QED) is 0.451. The highest BCUT2D eigenvalue weighted by atomic mass is 32.2. The van der Waals surface area contributed by atoms with Gasteiger partial charge in [-0.25, -0.2) is 13.2 Å². The number of urea groups is 1. The summed E-state index contributed by atoms with van der Waals surface area (Å²) in [5.41, 5.74) is 1.74. The number of imide groups is 1. The number of hydrogen-bond donors (Lipinski definition) is 3. The number of pyridine rings is 1. The van der Waals surface area contributed by atoms with Gasteiger partial charge in [0.1, 0.15) is 23.1 Å². The second kappa shape index (κ2) is 8.84. The fourth-order valence-corrected chi connectivity index (χ4v) is 6.90. The highest BCUT2D eigenvalue weighted by molar-refractivity contribution is 7.93. The maximum Gasteiger partial charge on any atom is 0.322 e. The summed E-state index contributed by atoms with van der Waals surface area (Å²) >= 11 is 0. The van der Waals surface area contributed by atoms with Gasteiger partial charge in [0, 0.05) is 22.3 Å². The molecule has 1 aliphatic carbocycles. The number of fused-ring (bicyclic) bond motifs is 1. The van der Waals surface area contributed by atoms with Crippen molar-refractivity contribution in [3.05, 3.63) is 65.9 Å². The number of para-hydroxylation sites is 1. The van der Waals surface area contributed by atoms with E-state index in [-0.39, 0.29) is 12.8 Å². The number of ether oxygens (including phenoxy) is 1. The van der Waals surface area contributed by atoms with E-state index in [0.29, 0.717) is 30.9 Å². The highest BCUT2D eigenvalue weighted by Gasteiger charge is 2.57. The van der Waals surface area contributed by atoms with Gasteiger partial charge in [0.05, 0.1) is 5.52 Å². The van der Waals surface area contributed by atoms with Crippen LogP contribution in [0.5, 0.6) is 5.75 Å². The molecule has 9 nitrogen and oxygen atoms in total. The van der Waals surface area contributed by atoms with Gasteiger partial charge in [-0.05, 0) is 56.2 Å². The monoisotopic (exact) mass is 494 g/mol. The average Bonchev–Trinajstić information content (AvgIpc) is 3.10. The molecule has 1 spiro atoms. The first-order valence-corrected chi connectivity index (χ1v) is 13.0. The molecule has 3 amide bonds. The van der Waals surface area contributed by atoms with Gasteiger partial charge in [-0.2, -0.15) is 0 Å². The van der Waals surface area contributed by atoms with E-state index in [1.165, 1.54) is 0 Å². The molecule has 2 unspecified atom stereocenters. The van der Waals surface area contributed by atoms with Gasteiger partial charge in [-0.15, -0.1) is 0 Å². The first-order valence-electron chi connectivity index (χ1n) is 11.5. The summed E-state index contributed by atoms with van der Waals surface area (Å²) in [5.74, 6) is 0.00302. The van der Waals surface area contributed by atoms with Crippen LogP contribution in [-0.2, 0) is 21.4 Å². The molecule has 2 heterocycles. The van der Waals surface area contributed by atoms with Crippen molar-refractivity contribution in [3.63, 3.8) is 0 Å². The molecule has 2 aromatic carbocycles. The number of carbonyl (C=O) groups is 2. The minimum Gasteiger partial charge on any atom is -0.489 e. The number of anilines is 1. The van der Waals surface area contributed by atoms with E-state index in [9.17, 15) is 18.0 Å². The number of aryl methyl sites for hydroxylation is 1. The van der Waals surface area contributed by atoms with Gasteiger partial charge in [0.2, 0.25) is 10.0 Å². The van der Waals surface area contributed by atoms with Crippen molar-refractivity contribution in [1.82, 2.24) is 15.6 Å². The summed E-state index contributed by atoms with van der Waals surface area (Å²) in [7, 11) is -3.96. The van der Waals surface area contributed by atoms with Crippen LogP contribution in [0.25, 0.3) is 10.9 Å². The lowest BCUT2D eigenvalue weighted by atomic mass is 9.81. The predicted octanol–water partition coefficient (Wildman–Crippen LogP) is 3.38. The number of sulfonamides is 1. The molecule has 1 aromatic heterocycles. The normalized spacial score (nSPS) is 22.1. The van der Waals surface area contributed by atoms with Crippen molar-refractivity contribution in [2.75, 3.05) is 4.72 Å². The molecule has 35 heavy (non-hydrogen) atoms. The maximum absolute atomic E-state index is 13.2. The summed E-state index contributed by atoms with van der Waals surface area (Å²) in [6.07, 6.45) is 1.89. The molecule has 1 saturated carbocycles. The molecule has 10 heteroatoms. The zero-order valence-electron chi connectivity index (χ0n) is 19.2. The minimum absolute atomic E-state index is 0.281. The SMILES string of the molecule is Cc1cc(COc2ccc(NS(=O)(=O)C3CCCCC34NC(=O)NC4=O)cc2)c2ccccc2n1. The van der Waals surface area contributed by atoms with Crippen LogP contribution in [0.2, 0.25) is 0 Å². The Balaban J connectivity index is 1.30. The number of benzene rings is 2. The lowest BCUT2D eigenvalue weighted by Gasteiger charge is -2.37. The molecular weight excluding hydrogens is 468 g/mol. The number of aromatic nitrogens is 1. The molecule has 3 N–H and O–H groups in total. The maximum atomic E-state index is 13.2. The van der Waals surface area contributed by atoms with Crippen molar-refractivity contribution in [1.29, 1.82) is 0 Å². The van der Waals surface area contributed by atoms with Gasteiger partial charge in [-0.3, -0.25) is 19.8 Å². The standard InChI is InChI=1S/C25H26N4O5S/c1-16-14-17(20-6-2-3-7-21(20)26-16)15-34-19-11-9-18(10-12-19)29-35(32,33)22-8-4-5-13-25(22)23(30)27-24(31)28-25/h2-3,6-7,9-12,14,22,29H,4-5,8,13,15H2,1H3,(H2,27,28,30,31). The van der Waals surface area contributed by atoms with E-state index >= 15 is 0 Å². The summed E-state index contributed by atoms with van der Waals surface area (Å²) in [5, 5.41) is 4.73. The van der Waals surface area contributed by atoms with Gasteiger partial charge in [0.25, 0.3) is 5.91 Å². The van der Waals surface area contributed by atoms with Crippen LogP contribution in [0.15, 0.2) is 54.6 Å². The number of nitrogens with one attached hydrogen (secondary N) is 3. The molecule has 3 aromatic rings. The Kier molecular flexibility index (Phi) is 5.84. The minimum atomic E-state index is -3.96. The third-order valence-electron chi connectivity index (χ3n) is 6.62. The van der Waals surface area contributed by atoms with Crippen molar-refractivity contribution in [2.24, 2.45) is 0 Å². The van der Waals surface area contributed by atoms with Gasteiger partial charge in [0.15, 0.2) is 0 Å². The molecule has 1 aliphatic heterocycles. The molecule has 0 radical (unpaired) electrons. The third-order valence-corrected chi connectivity index (χ3v) is 8.53. The van der Waals surface area contributed by atoms with Crippen LogP contribution in [-0.4, -0.2) is 36.1 Å². The van der Waals surface area contributed by atoms with E-state index in [1.54, 1.807) is 24.3 Å². The van der Waals surface area contributed by atoms with Crippen molar-refractivity contribution < 1.29 is 22.7 Å². The molecular formula is C25H26N4O5S. The number of hydrogen-bond acceptors (Lipinski definition) is 6. The zero-order valence-corrected chi connectivity index (χ0v) is 20.0. The molecule has 1 saturated heterocycles. The number of carbonyl (C=O) groups excluding carboxylic acids is 2. The Morgan fingerprint density at radius 3 is 2.63 bits per heavy atom. The zero-order chi connectivity index (χ0) is 24.6. The van der Waals surface area contributed by atoms with Gasteiger partial charge < -0.3 is 10.1 Å². The largest absolute Gasteiger partial charge is 0.489 e. The molecule has 2 fully saturated rings. The molecule has 0 bridgehead atoms. The summed E-state index contributed by atoms with van der Waals surface area (Å²) in [4.78, 5) is 28.8. The van der Waals surface area contributed by atoms with E-state index in [2.05, 4.69) is 20.3 Å². The van der Waals surface area contributed by atoms with Gasteiger partial charge >= 0.3 is 6.03 Å². The number of amides is 3. The number of nitrogens with zero attached hydrogens (tertiary/aromatic N) is 1. The third kappa shape index (κ3) is 4.41. The van der Waals surface area contributed by atoms with Crippen LogP contribution in [0.3, 0.4) is 0 Å². The second-order valence-corrected chi connectivity index (χ2v) is 10.9. The van der Waals surface area contributed by atoms with E-state index in [4.69, 9.17) is 4.74 Å². The van der Waals surface area contributed by atoms with Crippen molar-refractivity contribution in [2.45, 2.75) is 50.0 Å². The molecule has 182 valence electrons. The lowest BCUT2D eigenvalue weighted by Crippen LogP contribution is -2.61. The van der Waals surface area contributed by atoms with Crippen LogP contribution >= 0.6 is 0 Å². The fourth-order valence-electron chi connectivity index (χ4n) is 5.00. The Bertz CT molecular complexity index is 1410. The van der Waals surface area contributed by atoms with E-state index in [0.717, 1.165) is 22.2 Å². The van der Waals surface area contributed by atoms with Crippen molar-refractivity contribution >= 4 is 38.6 Å². The van der Waals surface area contributed by atoms with Gasteiger partial charge in [-0.1, -0.05) is 31.0 Å². The Morgan fingerprint density at radius 1 is 1.11 bits per heavy atom. The van der Waals surface area contributed by atoms with Crippen LogP contribution in [0, 0.1) is 6.92 Å². The number of rotatable bonds is 6. The predicted molar refractivity (Wildman–Crippen MR) is 131 cm³/mol. The Hall–Kier alpha value is -3.66. The first-order chi connectivity index (χ1) is 16.8. The summed E-state index contributed by atoms with van der Waals surface area (Å²) in [6, 6.07) is 15.8. The fraction of sp³-hybridized carbons (Fsp3) is 0.320. The topological polar surface area (TPSA) is 126 Å².